The molecule has 3 rings (SSSR count). The number of carbonyl (C=O) groups excluding carboxylic acids is 2. The standard InChI is InChI=1S/C20H19ClN2O4/c1-26-10-4-9-22-19(24)14-7-8-17-16(11-14)23-20(25)18(27-17)12-13-5-2-3-6-15(13)21/h2-3,5-8,11-12H,4,9-10H2,1H3,(H,22,24)(H,23,25)/b18-12+. The van der Waals surface area contributed by atoms with Gasteiger partial charge >= 0.3 is 0 Å². The first-order chi connectivity index (χ1) is 13.1. The lowest BCUT2D eigenvalue weighted by Gasteiger charge is -2.20. The molecule has 1 heterocycles. The number of fused-ring (bicyclic) bond motifs is 1. The van der Waals surface area contributed by atoms with Crippen molar-refractivity contribution < 1.29 is 19.1 Å². The summed E-state index contributed by atoms with van der Waals surface area (Å²) in [5.74, 6) is -0.0307. The van der Waals surface area contributed by atoms with Crippen LogP contribution in [-0.4, -0.2) is 32.1 Å². The van der Waals surface area contributed by atoms with Crippen LogP contribution in [0.2, 0.25) is 5.02 Å². The summed E-state index contributed by atoms with van der Waals surface area (Å²) in [7, 11) is 1.61. The molecule has 0 fully saturated rings. The molecule has 27 heavy (non-hydrogen) atoms. The van der Waals surface area contributed by atoms with Gasteiger partial charge in [-0.3, -0.25) is 9.59 Å². The molecule has 0 bridgehead atoms. The summed E-state index contributed by atoms with van der Waals surface area (Å²) in [6.07, 6.45) is 2.31. The molecule has 6 nitrogen and oxygen atoms in total. The van der Waals surface area contributed by atoms with Gasteiger partial charge in [0.25, 0.3) is 11.8 Å². The quantitative estimate of drug-likeness (QED) is 0.588. The van der Waals surface area contributed by atoms with Gasteiger partial charge in [-0.15, -0.1) is 0 Å². The molecule has 0 aliphatic carbocycles. The highest BCUT2D eigenvalue weighted by molar-refractivity contribution is 6.32. The summed E-state index contributed by atoms with van der Waals surface area (Å²) >= 11 is 6.12. The van der Waals surface area contributed by atoms with E-state index in [0.717, 1.165) is 6.42 Å². The number of rotatable bonds is 6. The van der Waals surface area contributed by atoms with Gasteiger partial charge in [0.2, 0.25) is 0 Å². The fraction of sp³-hybridized carbons (Fsp3) is 0.200. The number of benzene rings is 2. The first-order valence-corrected chi connectivity index (χ1v) is 8.83. The van der Waals surface area contributed by atoms with Crippen molar-refractivity contribution in [3.05, 3.63) is 64.4 Å². The lowest BCUT2D eigenvalue weighted by Crippen LogP contribution is -2.27. The number of methoxy groups -OCH3 is 1. The fourth-order valence-corrected chi connectivity index (χ4v) is 2.75. The van der Waals surface area contributed by atoms with E-state index in [1.54, 1.807) is 43.5 Å². The Bertz CT molecular complexity index is 895. The minimum absolute atomic E-state index is 0.132. The van der Waals surface area contributed by atoms with Crippen molar-refractivity contribution in [3.8, 4) is 5.75 Å². The minimum atomic E-state index is -0.403. The number of hydrogen-bond donors (Lipinski definition) is 2. The minimum Gasteiger partial charge on any atom is -0.449 e. The van der Waals surface area contributed by atoms with Gasteiger partial charge in [-0.05, 0) is 42.3 Å². The van der Waals surface area contributed by atoms with E-state index in [2.05, 4.69) is 10.6 Å². The van der Waals surface area contributed by atoms with Crippen molar-refractivity contribution in [1.82, 2.24) is 5.32 Å². The van der Waals surface area contributed by atoms with Crippen LogP contribution in [0.1, 0.15) is 22.3 Å². The van der Waals surface area contributed by atoms with Crippen LogP contribution in [0, 0.1) is 0 Å². The van der Waals surface area contributed by atoms with E-state index in [1.165, 1.54) is 0 Å². The van der Waals surface area contributed by atoms with Gasteiger partial charge in [0, 0.05) is 30.8 Å². The molecular formula is C20H19ClN2O4. The third-order valence-corrected chi connectivity index (χ3v) is 4.28. The Morgan fingerprint density at radius 1 is 1.30 bits per heavy atom. The van der Waals surface area contributed by atoms with Gasteiger partial charge in [0.15, 0.2) is 11.5 Å². The van der Waals surface area contributed by atoms with Crippen molar-refractivity contribution in [2.75, 3.05) is 25.6 Å². The van der Waals surface area contributed by atoms with Crippen LogP contribution >= 0.6 is 11.6 Å². The third-order valence-electron chi connectivity index (χ3n) is 3.94. The van der Waals surface area contributed by atoms with E-state index < -0.39 is 5.91 Å². The number of carbonyl (C=O) groups is 2. The van der Waals surface area contributed by atoms with Crippen molar-refractivity contribution >= 4 is 35.2 Å². The van der Waals surface area contributed by atoms with Crippen LogP contribution in [0.4, 0.5) is 5.69 Å². The molecule has 0 unspecified atom stereocenters. The predicted molar refractivity (Wildman–Crippen MR) is 104 cm³/mol. The van der Waals surface area contributed by atoms with Gasteiger partial charge in [0.1, 0.15) is 0 Å². The lowest BCUT2D eigenvalue weighted by molar-refractivity contribution is -0.115. The molecule has 0 radical (unpaired) electrons. The second-order valence-corrected chi connectivity index (χ2v) is 6.31. The van der Waals surface area contributed by atoms with Crippen molar-refractivity contribution in [2.45, 2.75) is 6.42 Å². The topological polar surface area (TPSA) is 76.7 Å². The number of nitrogens with one attached hydrogen (secondary N) is 2. The fourth-order valence-electron chi connectivity index (χ4n) is 2.56. The Morgan fingerprint density at radius 2 is 2.11 bits per heavy atom. The van der Waals surface area contributed by atoms with E-state index in [9.17, 15) is 9.59 Å². The summed E-state index contributed by atoms with van der Waals surface area (Å²) in [5.41, 5.74) is 1.56. The van der Waals surface area contributed by atoms with E-state index in [1.807, 2.05) is 12.1 Å². The van der Waals surface area contributed by atoms with Crippen LogP contribution in [0.15, 0.2) is 48.2 Å². The molecule has 0 aromatic heterocycles. The molecular weight excluding hydrogens is 368 g/mol. The molecule has 7 heteroatoms. The molecule has 1 aliphatic heterocycles. The Labute approximate surface area is 162 Å². The highest BCUT2D eigenvalue weighted by Gasteiger charge is 2.23. The summed E-state index contributed by atoms with van der Waals surface area (Å²) in [5, 5.41) is 6.07. The van der Waals surface area contributed by atoms with Gasteiger partial charge < -0.3 is 20.1 Å². The SMILES string of the molecule is COCCCNC(=O)c1ccc2c(c1)NC(=O)/C(=C\c1ccccc1Cl)O2. The molecule has 2 aromatic rings. The maximum absolute atomic E-state index is 12.3. The number of amides is 2. The third kappa shape index (κ3) is 4.67. The van der Waals surface area contributed by atoms with Crippen LogP contribution < -0.4 is 15.4 Å². The molecule has 2 aromatic carbocycles. The summed E-state index contributed by atoms with van der Waals surface area (Å²) in [6, 6.07) is 12.0. The molecule has 0 saturated heterocycles. The Kier molecular flexibility index (Phi) is 6.11. The maximum atomic E-state index is 12.3. The lowest BCUT2D eigenvalue weighted by atomic mass is 10.1. The highest BCUT2D eigenvalue weighted by atomic mass is 35.5. The molecule has 0 atom stereocenters. The Hall–Kier alpha value is -2.83. The van der Waals surface area contributed by atoms with Crippen LogP contribution in [0.3, 0.4) is 0 Å². The zero-order chi connectivity index (χ0) is 19.2. The van der Waals surface area contributed by atoms with Gasteiger partial charge in [-0.25, -0.2) is 0 Å². The van der Waals surface area contributed by atoms with Gasteiger partial charge in [-0.1, -0.05) is 29.8 Å². The second-order valence-electron chi connectivity index (χ2n) is 5.90. The maximum Gasteiger partial charge on any atom is 0.291 e. The Balaban J connectivity index is 1.75. The molecule has 0 saturated carbocycles. The monoisotopic (exact) mass is 386 g/mol. The number of hydrogen-bond acceptors (Lipinski definition) is 4. The van der Waals surface area contributed by atoms with Crippen LogP contribution in [0.5, 0.6) is 5.75 Å². The molecule has 0 spiro atoms. The van der Waals surface area contributed by atoms with Crippen molar-refractivity contribution in [3.63, 3.8) is 0 Å². The molecule has 140 valence electrons. The van der Waals surface area contributed by atoms with Gasteiger partial charge in [0.05, 0.1) is 5.69 Å². The first-order valence-electron chi connectivity index (χ1n) is 8.45. The number of anilines is 1. The number of halogens is 1. The van der Waals surface area contributed by atoms with Crippen molar-refractivity contribution in [2.24, 2.45) is 0 Å². The van der Waals surface area contributed by atoms with E-state index in [4.69, 9.17) is 21.1 Å². The molecule has 2 amide bonds. The molecule has 2 N–H and O–H groups in total. The predicted octanol–water partition coefficient (Wildman–Crippen LogP) is 3.48. The average Bonchev–Trinajstić information content (AvgIpc) is 2.67. The first kappa shape index (κ1) is 18.9. The summed E-state index contributed by atoms with van der Waals surface area (Å²) in [4.78, 5) is 24.5. The molecule has 1 aliphatic rings. The second kappa shape index (κ2) is 8.70. The zero-order valence-electron chi connectivity index (χ0n) is 14.8. The van der Waals surface area contributed by atoms with Crippen LogP contribution in [0.25, 0.3) is 6.08 Å². The average molecular weight is 387 g/mol. The number of ether oxygens (including phenoxy) is 2. The van der Waals surface area contributed by atoms with Crippen LogP contribution in [-0.2, 0) is 9.53 Å². The normalized spacial score (nSPS) is 14.3. The summed E-state index contributed by atoms with van der Waals surface area (Å²) in [6.45, 7) is 1.09. The largest absolute Gasteiger partial charge is 0.449 e. The van der Waals surface area contributed by atoms with E-state index >= 15 is 0 Å². The van der Waals surface area contributed by atoms with E-state index in [-0.39, 0.29) is 11.7 Å². The Morgan fingerprint density at radius 3 is 2.89 bits per heavy atom. The highest BCUT2D eigenvalue weighted by Crippen LogP contribution is 2.33. The smallest absolute Gasteiger partial charge is 0.291 e. The van der Waals surface area contributed by atoms with Crippen molar-refractivity contribution in [1.29, 1.82) is 0 Å². The zero-order valence-corrected chi connectivity index (χ0v) is 15.5. The van der Waals surface area contributed by atoms with Gasteiger partial charge in [-0.2, -0.15) is 0 Å². The van der Waals surface area contributed by atoms with E-state index in [0.29, 0.717) is 40.7 Å². The summed E-state index contributed by atoms with van der Waals surface area (Å²) < 4.78 is 10.6.